The maximum absolute atomic E-state index is 14.6. The molecular weight excluding hydrogens is 380 g/mol. The molecule has 0 N–H and O–H groups in total. The third-order valence-corrected chi connectivity index (χ3v) is 6.22. The quantitative estimate of drug-likeness (QED) is 0.419. The number of aromatic nitrogens is 2. The van der Waals surface area contributed by atoms with Crippen molar-refractivity contribution in [3.05, 3.63) is 94.3 Å². The Bertz CT molecular complexity index is 1260. The minimum Gasteiger partial charge on any atom is -0.350 e. The molecule has 4 aromatic rings. The van der Waals surface area contributed by atoms with Gasteiger partial charge in [0, 0.05) is 36.8 Å². The summed E-state index contributed by atoms with van der Waals surface area (Å²) in [6, 6.07) is 16.5. The van der Waals surface area contributed by atoms with Gasteiger partial charge in [-0.3, -0.25) is 0 Å². The first-order chi connectivity index (χ1) is 14.5. The fourth-order valence-electron chi connectivity index (χ4n) is 4.52. The zero-order chi connectivity index (χ0) is 20.8. The van der Waals surface area contributed by atoms with Crippen LogP contribution in [0.15, 0.2) is 54.6 Å². The molecule has 0 aliphatic carbocycles. The van der Waals surface area contributed by atoms with Crippen molar-refractivity contribution in [3.8, 4) is 0 Å². The minimum absolute atomic E-state index is 0.254. The van der Waals surface area contributed by atoms with Crippen LogP contribution in [0.25, 0.3) is 10.9 Å². The van der Waals surface area contributed by atoms with E-state index in [9.17, 15) is 8.78 Å². The molecule has 0 amide bonds. The van der Waals surface area contributed by atoms with Crippen LogP contribution in [0.5, 0.6) is 0 Å². The molecule has 30 heavy (non-hydrogen) atoms. The van der Waals surface area contributed by atoms with Crippen molar-refractivity contribution in [1.29, 1.82) is 0 Å². The van der Waals surface area contributed by atoms with Gasteiger partial charge in [0.25, 0.3) is 0 Å². The summed E-state index contributed by atoms with van der Waals surface area (Å²) in [4.78, 5) is 6.50. The molecule has 1 aliphatic rings. The van der Waals surface area contributed by atoms with Gasteiger partial charge in [-0.05, 0) is 54.7 Å². The molecule has 0 saturated carbocycles. The van der Waals surface area contributed by atoms with Crippen molar-refractivity contribution in [3.63, 3.8) is 0 Å². The van der Waals surface area contributed by atoms with Gasteiger partial charge >= 0.3 is 0 Å². The summed E-state index contributed by atoms with van der Waals surface area (Å²) >= 11 is 0. The topological polar surface area (TPSA) is 21.1 Å². The summed E-state index contributed by atoms with van der Waals surface area (Å²) < 4.78 is 30.5. The molecule has 0 saturated heterocycles. The molecule has 5 heteroatoms. The monoisotopic (exact) mass is 403 g/mol. The number of hydrogen-bond donors (Lipinski definition) is 0. The van der Waals surface area contributed by atoms with Crippen LogP contribution in [-0.2, 0) is 19.5 Å². The summed E-state index contributed by atoms with van der Waals surface area (Å²) in [6.07, 6.45) is 0.901. The first kappa shape index (κ1) is 18.8. The number of anilines is 1. The second kappa shape index (κ2) is 7.24. The van der Waals surface area contributed by atoms with Gasteiger partial charge in [0.1, 0.15) is 5.82 Å². The predicted octanol–water partition coefficient (Wildman–Crippen LogP) is 5.54. The molecule has 5 rings (SSSR count). The van der Waals surface area contributed by atoms with E-state index >= 15 is 0 Å². The third-order valence-electron chi connectivity index (χ3n) is 6.22. The van der Waals surface area contributed by atoms with Crippen LogP contribution in [0, 0.1) is 25.6 Å². The fourth-order valence-corrected chi connectivity index (χ4v) is 4.52. The molecule has 0 fully saturated rings. The van der Waals surface area contributed by atoms with Gasteiger partial charge in [-0.2, -0.15) is 4.39 Å². The molecule has 0 bridgehead atoms. The summed E-state index contributed by atoms with van der Waals surface area (Å²) in [5.41, 5.74) is 6.44. The van der Waals surface area contributed by atoms with Crippen molar-refractivity contribution in [1.82, 2.24) is 9.55 Å². The second-order valence-corrected chi connectivity index (χ2v) is 8.03. The van der Waals surface area contributed by atoms with Crippen molar-refractivity contribution < 1.29 is 8.78 Å². The highest BCUT2D eigenvalue weighted by Crippen LogP contribution is 2.35. The summed E-state index contributed by atoms with van der Waals surface area (Å²) in [5.74, 6) is -0.0650. The number of aryl methyl sites for hydroxylation is 1. The molecule has 0 unspecified atom stereocenters. The van der Waals surface area contributed by atoms with Gasteiger partial charge < -0.3 is 9.47 Å². The summed E-state index contributed by atoms with van der Waals surface area (Å²) in [5, 5.41) is 0.866. The molecule has 3 nitrogen and oxygen atoms in total. The smallest absolute Gasteiger partial charge is 0.215 e. The molecule has 2 aromatic heterocycles. The van der Waals surface area contributed by atoms with Crippen molar-refractivity contribution >= 4 is 16.7 Å². The maximum Gasteiger partial charge on any atom is 0.215 e. The van der Waals surface area contributed by atoms with E-state index < -0.39 is 5.95 Å². The molecule has 3 heterocycles. The van der Waals surface area contributed by atoms with E-state index in [4.69, 9.17) is 0 Å². The van der Waals surface area contributed by atoms with Crippen LogP contribution >= 0.6 is 0 Å². The van der Waals surface area contributed by atoms with Crippen molar-refractivity contribution in [2.24, 2.45) is 0 Å². The maximum atomic E-state index is 14.6. The first-order valence-electron chi connectivity index (χ1n) is 10.2. The third kappa shape index (κ3) is 3.15. The Morgan fingerprint density at radius 1 is 0.967 bits per heavy atom. The van der Waals surface area contributed by atoms with Gasteiger partial charge in [-0.1, -0.05) is 36.4 Å². The van der Waals surface area contributed by atoms with Crippen LogP contribution in [-0.4, -0.2) is 16.1 Å². The van der Waals surface area contributed by atoms with Crippen LogP contribution in [0.1, 0.15) is 27.9 Å². The lowest BCUT2D eigenvalue weighted by molar-refractivity contribution is 0.580. The predicted molar refractivity (Wildman–Crippen MR) is 116 cm³/mol. The van der Waals surface area contributed by atoms with Gasteiger partial charge in [-0.25, -0.2) is 9.37 Å². The van der Waals surface area contributed by atoms with Gasteiger partial charge in [0.05, 0.1) is 5.52 Å². The van der Waals surface area contributed by atoms with E-state index in [2.05, 4.69) is 32.7 Å². The molecule has 0 atom stereocenters. The number of hydrogen-bond acceptors (Lipinski definition) is 2. The highest BCUT2D eigenvalue weighted by atomic mass is 19.1. The number of rotatable bonds is 3. The molecule has 1 aliphatic heterocycles. The fraction of sp³-hybridized carbons (Fsp3) is 0.240. The lowest BCUT2D eigenvalue weighted by Gasteiger charge is -2.30. The van der Waals surface area contributed by atoms with Crippen LogP contribution in [0.3, 0.4) is 0 Å². The van der Waals surface area contributed by atoms with Gasteiger partial charge in [0.2, 0.25) is 5.95 Å². The van der Waals surface area contributed by atoms with E-state index in [0.717, 1.165) is 40.7 Å². The Hall–Kier alpha value is -3.21. The Labute approximate surface area is 174 Å². The molecule has 0 radical (unpaired) electrons. The van der Waals surface area contributed by atoms with Gasteiger partial charge in [0.15, 0.2) is 5.82 Å². The van der Waals surface area contributed by atoms with E-state index in [1.807, 2.05) is 26.0 Å². The molecule has 0 spiro atoms. The number of pyridine rings is 1. The van der Waals surface area contributed by atoms with Gasteiger partial charge in [-0.15, -0.1) is 0 Å². The van der Waals surface area contributed by atoms with Crippen molar-refractivity contribution in [2.75, 3.05) is 11.4 Å². The summed E-state index contributed by atoms with van der Waals surface area (Å²) in [7, 11) is 0. The number of halogens is 2. The van der Waals surface area contributed by atoms with Crippen LogP contribution < -0.4 is 4.90 Å². The Morgan fingerprint density at radius 3 is 2.57 bits per heavy atom. The van der Waals surface area contributed by atoms with E-state index in [1.165, 1.54) is 23.3 Å². The Morgan fingerprint density at radius 2 is 1.77 bits per heavy atom. The molecular formula is C25H23F2N3. The average Bonchev–Trinajstić information content (AvgIpc) is 2.98. The molecule has 152 valence electrons. The van der Waals surface area contributed by atoms with E-state index in [1.54, 1.807) is 12.1 Å². The average molecular weight is 403 g/mol. The molecule has 2 aromatic carbocycles. The minimum atomic E-state index is -0.470. The number of fused-ring (bicyclic) bond motifs is 2. The number of benzene rings is 2. The highest BCUT2D eigenvalue weighted by Gasteiger charge is 2.24. The standard InChI is InChI=1S/C25H23F2N3/c1-16-17(2)30(14-18-6-5-9-21(26)12-18)24-22(16)13-23(27)28-25(24)29-11-10-19-7-3-4-8-20(19)15-29/h3-9,12-13H,10-11,14-15H2,1-2H3. The zero-order valence-electron chi connectivity index (χ0n) is 17.1. The first-order valence-corrected chi connectivity index (χ1v) is 10.2. The van der Waals surface area contributed by atoms with E-state index in [-0.39, 0.29) is 5.82 Å². The van der Waals surface area contributed by atoms with Crippen molar-refractivity contribution in [2.45, 2.75) is 33.4 Å². The van der Waals surface area contributed by atoms with E-state index in [0.29, 0.717) is 18.9 Å². The normalized spacial score (nSPS) is 13.7. The largest absolute Gasteiger partial charge is 0.350 e. The Balaban J connectivity index is 1.66. The Kier molecular flexibility index (Phi) is 4.54. The SMILES string of the molecule is Cc1c(C)n(Cc2cccc(F)c2)c2c(N3CCc4ccccc4C3)nc(F)cc12. The highest BCUT2D eigenvalue weighted by molar-refractivity contribution is 5.93. The second-order valence-electron chi connectivity index (χ2n) is 8.03. The zero-order valence-corrected chi connectivity index (χ0v) is 17.1. The summed E-state index contributed by atoms with van der Waals surface area (Å²) in [6.45, 7) is 6.03. The van der Waals surface area contributed by atoms with Crippen LogP contribution in [0.4, 0.5) is 14.6 Å². The number of nitrogens with zero attached hydrogens (tertiary/aromatic N) is 3. The lowest BCUT2D eigenvalue weighted by atomic mass is 10.00. The lowest BCUT2D eigenvalue weighted by Crippen LogP contribution is -2.31. The van der Waals surface area contributed by atoms with Crippen LogP contribution in [0.2, 0.25) is 0 Å².